The number of rotatable bonds is 9. The van der Waals surface area contributed by atoms with Crippen molar-refractivity contribution in [2.45, 2.75) is 32.3 Å². The number of aromatic carboxylic acids is 1. The van der Waals surface area contributed by atoms with Crippen LogP contribution < -0.4 is 10.1 Å². The van der Waals surface area contributed by atoms with E-state index in [-0.39, 0.29) is 5.56 Å². The van der Waals surface area contributed by atoms with Crippen LogP contribution in [0.25, 0.3) is 0 Å². The molecule has 0 saturated heterocycles. The van der Waals surface area contributed by atoms with E-state index in [9.17, 15) is 9.90 Å². The molecule has 0 spiro atoms. The van der Waals surface area contributed by atoms with Crippen molar-refractivity contribution >= 4 is 5.97 Å². The van der Waals surface area contributed by atoms with Gasteiger partial charge < -0.3 is 20.3 Å². The van der Waals surface area contributed by atoms with E-state index in [1.807, 2.05) is 6.92 Å². The van der Waals surface area contributed by atoms with Gasteiger partial charge >= 0.3 is 5.97 Å². The Morgan fingerprint density at radius 3 is 2.85 bits per heavy atom. The summed E-state index contributed by atoms with van der Waals surface area (Å²) in [4.78, 5) is 10.8. The molecule has 0 aliphatic carbocycles. The first-order valence-corrected chi connectivity index (χ1v) is 6.84. The maximum absolute atomic E-state index is 10.8. The fourth-order valence-electron chi connectivity index (χ4n) is 1.94. The molecular formula is C15H23NO4. The zero-order chi connectivity index (χ0) is 15.0. The van der Waals surface area contributed by atoms with Gasteiger partial charge in [-0.05, 0) is 31.5 Å². The molecule has 0 saturated carbocycles. The predicted octanol–water partition coefficient (Wildman–Crippen LogP) is 1.90. The van der Waals surface area contributed by atoms with Crippen LogP contribution in [0, 0.1) is 0 Å². The first-order valence-electron chi connectivity index (χ1n) is 6.84. The smallest absolute Gasteiger partial charge is 0.335 e. The molecule has 1 aromatic rings. The molecule has 20 heavy (non-hydrogen) atoms. The average molecular weight is 281 g/mol. The van der Waals surface area contributed by atoms with E-state index in [1.54, 1.807) is 19.1 Å². The van der Waals surface area contributed by atoms with Crippen molar-refractivity contribution in [3.05, 3.63) is 29.8 Å². The predicted molar refractivity (Wildman–Crippen MR) is 77.3 cm³/mol. The molecule has 0 bridgehead atoms. The Morgan fingerprint density at radius 2 is 2.20 bits per heavy atom. The summed E-state index contributed by atoms with van der Waals surface area (Å²) in [5, 5.41) is 21.9. The Morgan fingerprint density at radius 1 is 1.45 bits per heavy atom. The molecule has 0 heterocycles. The highest BCUT2D eigenvalue weighted by molar-refractivity contribution is 5.87. The highest BCUT2D eigenvalue weighted by Gasteiger charge is 2.17. The van der Waals surface area contributed by atoms with Crippen LogP contribution in [0.2, 0.25) is 0 Å². The second-order valence-corrected chi connectivity index (χ2v) is 5.11. The number of carboxylic acids is 1. The van der Waals surface area contributed by atoms with Crippen molar-refractivity contribution in [1.29, 1.82) is 0 Å². The van der Waals surface area contributed by atoms with Gasteiger partial charge in [0.05, 0.1) is 11.2 Å². The SMILES string of the molecule is CCCC(C)(O)CNCCOc1cccc(C(=O)O)c1. The van der Waals surface area contributed by atoms with E-state index in [0.29, 0.717) is 25.4 Å². The van der Waals surface area contributed by atoms with Crippen LogP contribution in [0.5, 0.6) is 5.75 Å². The summed E-state index contributed by atoms with van der Waals surface area (Å²) in [5.41, 5.74) is -0.487. The van der Waals surface area contributed by atoms with Gasteiger partial charge in [0.25, 0.3) is 0 Å². The third-order valence-corrected chi connectivity index (χ3v) is 2.92. The average Bonchev–Trinajstić information content (AvgIpc) is 2.38. The minimum Gasteiger partial charge on any atom is -0.492 e. The molecule has 1 atom stereocenters. The number of aliphatic hydroxyl groups is 1. The maximum Gasteiger partial charge on any atom is 0.335 e. The molecule has 112 valence electrons. The largest absolute Gasteiger partial charge is 0.492 e. The fraction of sp³-hybridized carbons (Fsp3) is 0.533. The molecule has 3 N–H and O–H groups in total. The summed E-state index contributed by atoms with van der Waals surface area (Å²) in [5.74, 6) is -0.434. The van der Waals surface area contributed by atoms with Gasteiger partial charge in [-0.3, -0.25) is 0 Å². The van der Waals surface area contributed by atoms with Crippen LogP contribution in [0.15, 0.2) is 24.3 Å². The van der Waals surface area contributed by atoms with E-state index in [0.717, 1.165) is 12.8 Å². The molecule has 0 aliphatic rings. The van der Waals surface area contributed by atoms with Gasteiger partial charge in [-0.15, -0.1) is 0 Å². The van der Waals surface area contributed by atoms with Crippen molar-refractivity contribution in [2.75, 3.05) is 19.7 Å². The molecule has 0 fully saturated rings. The molecule has 5 heteroatoms. The highest BCUT2D eigenvalue weighted by atomic mass is 16.5. The number of hydrogen-bond acceptors (Lipinski definition) is 4. The minimum atomic E-state index is -0.968. The van der Waals surface area contributed by atoms with E-state index >= 15 is 0 Å². The number of hydrogen-bond donors (Lipinski definition) is 3. The minimum absolute atomic E-state index is 0.210. The lowest BCUT2D eigenvalue weighted by Crippen LogP contribution is -2.39. The Labute approximate surface area is 119 Å². The van der Waals surface area contributed by atoms with Gasteiger partial charge in [0, 0.05) is 13.1 Å². The Balaban J connectivity index is 2.28. The van der Waals surface area contributed by atoms with Crippen molar-refractivity contribution < 1.29 is 19.7 Å². The van der Waals surface area contributed by atoms with Crippen molar-refractivity contribution in [2.24, 2.45) is 0 Å². The van der Waals surface area contributed by atoms with Gasteiger partial charge in [0.1, 0.15) is 12.4 Å². The fourth-order valence-corrected chi connectivity index (χ4v) is 1.94. The first kappa shape index (κ1) is 16.5. The van der Waals surface area contributed by atoms with Crippen molar-refractivity contribution in [1.82, 2.24) is 5.32 Å². The van der Waals surface area contributed by atoms with Gasteiger partial charge in [0.2, 0.25) is 0 Å². The van der Waals surface area contributed by atoms with Crippen LogP contribution in [0.4, 0.5) is 0 Å². The molecular weight excluding hydrogens is 258 g/mol. The number of carboxylic acid groups (broad SMARTS) is 1. The Hall–Kier alpha value is -1.59. The third kappa shape index (κ3) is 6.04. The molecule has 0 radical (unpaired) electrons. The molecule has 0 amide bonds. The maximum atomic E-state index is 10.8. The lowest BCUT2D eigenvalue weighted by atomic mass is 10.0. The van der Waals surface area contributed by atoms with Gasteiger partial charge in [0.15, 0.2) is 0 Å². The normalized spacial score (nSPS) is 13.8. The van der Waals surface area contributed by atoms with Gasteiger partial charge in [-0.2, -0.15) is 0 Å². The summed E-state index contributed by atoms with van der Waals surface area (Å²) < 4.78 is 5.46. The standard InChI is InChI=1S/C15H23NO4/c1-3-7-15(2,19)11-16-8-9-20-13-6-4-5-12(10-13)14(17)18/h4-6,10,16,19H,3,7-9,11H2,1-2H3,(H,17,18). The summed E-state index contributed by atoms with van der Waals surface area (Å²) in [6.07, 6.45) is 1.69. The quantitative estimate of drug-likeness (QED) is 0.603. The number of nitrogens with one attached hydrogen (secondary N) is 1. The Kier molecular flexibility index (Phi) is 6.48. The molecule has 5 nitrogen and oxygen atoms in total. The monoisotopic (exact) mass is 281 g/mol. The molecule has 1 unspecified atom stereocenters. The summed E-state index contributed by atoms with van der Waals surface area (Å²) in [6, 6.07) is 6.39. The van der Waals surface area contributed by atoms with Crippen LogP contribution in [-0.4, -0.2) is 41.5 Å². The van der Waals surface area contributed by atoms with E-state index in [2.05, 4.69) is 5.32 Å². The molecule has 0 aromatic heterocycles. The molecule has 0 aliphatic heterocycles. The van der Waals surface area contributed by atoms with Crippen LogP contribution in [0.3, 0.4) is 0 Å². The lowest BCUT2D eigenvalue weighted by Gasteiger charge is -2.23. The van der Waals surface area contributed by atoms with Crippen molar-refractivity contribution in [3.63, 3.8) is 0 Å². The van der Waals surface area contributed by atoms with Crippen LogP contribution >= 0.6 is 0 Å². The number of ether oxygens (including phenoxy) is 1. The summed E-state index contributed by atoms with van der Waals surface area (Å²) in [7, 11) is 0. The third-order valence-electron chi connectivity index (χ3n) is 2.92. The summed E-state index contributed by atoms with van der Waals surface area (Å²) in [6.45, 7) is 5.37. The van der Waals surface area contributed by atoms with Gasteiger partial charge in [-0.1, -0.05) is 19.4 Å². The lowest BCUT2D eigenvalue weighted by molar-refractivity contribution is 0.0494. The summed E-state index contributed by atoms with van der Waals surface area (Å²) >= 11 is 0. The highest BCUT2D eigenvalue weighted by Crippen LogP contribution is 2.13. The molecule has 1 aromatic carbocycles. The Bertz CT molecular complexity index is 432. The zero-order valence-electron chi connectivity index (χ0n) is 12.1. The van der Waals surface area contributed by atoms with Crippen molar-refractivity contribution in [3.8, 4) is 5.75 Å². The molecule has 1 rings (SSSR count). The van der Waals surface area contributed by atoms with Crippen LogP contribution in [-0.2, 0) is 0 Å². The first-order chi connectivity index (χ1) is 9.44. The van der Waals surface area contributed by atoms with E-state index in [4.69, 9.17) is 9.84 Å². The second-order valence-electron chi connectivity index (χ2n) is 5.11. The second kappa shape index (κ2) is 7.87. The topological polar surface area (TPSA) is 78.8 Å². The number of carbonyl (C=O) groups is 1. The number of benzene rings is 1. The van der Waals surface area contributed by atoms with E-state index < -0.39 is 11.6 Å². The van der Waals surface area contributed by atoms with Crippen LogP contribution in [0.1, 0.15) is 37.0 Å². The van der Waals surface area contributed by atoms with E-state index in [1.165, 1.54) is 12.1 Å². The van der Waals surface area contributed by atoms with Gasteiger partial charge in [-0.25, -0.2) is 4.79 Å². The zero-order valence-corrected chi connectivity index (χ0v) is 12.1.